The van der Waals surface area contributed by atoms with Gasteiger partial charge < -0.3 is 14.5 Å². The fourth-order valence-corrected chi connectivity index (χ4v) is 2.26. The Balaban J connectivity index is 2.09. The summed E-state index contributed by atoms with van der Waals surface area (Å²) in [7, 11) is 0. The monoisotopic (exact) mass is 353 g/mol. The minimum Gasteiger partial charge on any atom is -0.450 e. The fourth-order valence-electron chi connectivity index (χ4n) is 1.90. The number of hydrogen-bond acceptors (Lipinski definition) is 4. The van der Waals surface area contributed by atoms with Crippen LogP contribution in [-0.2, 0) is 9.53 Å². The Morgan fingerprint density at radius 1 is 1.38 bits per heavy atom. The molecular weight excluding hydrogens is 338 g/mol. The molecule has 112 valence electrons. The minimum absolute atomic E-state index is 0.131. The van der Waals surface area contributed by atoms with E-state index in [1.807, 2.05) is 19.1 Å². The molecule has 0 saturated heterocycles. The lowest BCUT2D eigenvalue weighted by Crippen LogP contribution is -2.29. The van der Waals surface area contributed by atoms with Crippen LogP contribution in [0.15, 0.2) is 27.1 Å². The maximum Gasteiger partial charge on any atom is 0.375 e. The smallest absolute Gasteiger partial charge is 0.375 e. The average molecular weight is 354 g/mol. The van der Waals surface area contributed by atoms with Crippen LogP contribution in [0.3, 0.4) is 0 Å². The number of furan rings is 1. The summed E-state index contributed by atoms with van der Waals surface area (Å²) < 4.78 is 11.4. The second kappa shape index (κ2) is 6.76. The molecule has 0 aliphatic carbocycles. The topological polar surface area (TPSA) is 68.5 Å². The Morgan fingerprint density at radius 2 is 2.14 bits per heavy atom. The number of fused-ring (bicyclic) bond motifs is 1. The van der Waals surface area contributed by atoms with Gasteiger partial charge in [-0.15, -0.1) is 0 Å². The molecular formula is C15H16BrNO4. The van der Waals surface area contributed by atoms with Crippen molar-refractivity contribution >= 4 is 38.8 Å². The molecule has 0 atom stereocenters. The summed E-state index contributed by atoms with van der Waals surface area (Å²) in [5, 5.41) is 3.47. The molecule has 1 N–H and O–H groups in total. The quantitative estimate of drug-likeness (QED) is 0.838. The van der Waals surface area contributed by atoms with Gasteiger partial charge in [0.05, 0.1) is 0 Å². The highest BCUT2D eigenvalue weighted by molar-refractivity contribution is 9.10. The number of halogens is 1. The average Bonchev–Trinajstić information content (AvgIpc) is 2.79. The normalized spacial score (nSPS) is 10.6. The predicted octanol–water partition coefficient (Wildman–Crippen LogP) is 3.19. The van der Waals surface area contributed by atoms with Gasteiger partial charge in [0, 0.05) is 22.0 Å². The first kappa shape index (κ1) is 15.6. The van der Waals surface area contributed by atoms with Gasteiger partial charge in [-0.3, -0.25) is 4.79 Å². The Hall–Kier alpha value is -1.82. The second-order valence-electron chi connectivity index (χ2n) is 4.62. The van der Waals surface area contributed by atoms with Crippen molar-refractivity contribution in [1.29, 1.82) is 0 Å². The van der Waals surface area contributed by atoms with Crippen molar-refractivity contribution in [1.82, 2.24) is 5.32 Å². The van der Waals surface area contributed by atoms with E-state index < -0.39 is 5.97 Å². The van der Waals surface area contributed by atoms with Gasteiger partial charge >= 0.3 is 5.97 Å². The van der Waals surface area contributed by atoms with E-state index in [0.29, 0.717) is 17.7 Å². The lowest BCUT2D eigenvalue weighted by atomic mass is 10.1. The Labute approximate surface area is 130 Å². The first-order valence-corrected chi connectivity index (χ1v) is 7.44. The van der Waals surface area contributed by atoms with Crippen LogP contribution in [0.25, 0.3) is 11.0 Å². The number of carbonyl (C=O) groups is 2. The summed E-state index contributed by atoms with van der Waals surface area (Å²) >= 11 is 3.38. The van der Waals surface area contributed by atoms with Crippen molar-refractivity contribution in [2.75, 3.05) is 13.2 Å². The first-order chi connectivity index (χ1) is 10.0. The maximum atomic E-state index is 12.0. The summed E-state index contributed by atoms with van der Waals surface area (Å²) in [5.74, 6) is -0.820. The lowest BCUT2D eigenvalue weighted by Gasteiger charge is -2.04. The summed E-state index contributed by atoms with van der Waals surface area (Å²) in [6.07, 6.45) is 0.831. The van der Waals surface area contributed by atoms with Crippen LogP contribution in [0.1, 0.15) is 29.5 Å². The molecule has 21 heavy (non-hydrogen) atoms. The van der Waals surface area contributed by atoms with Crippen molar-refractivity contribution in [3.05, 3.63) is 34.0 Å². The summed E-state index contributed by atoms with van der Waals surface area (Å²) in [4.78, 5) is 23.4. The van der Waals surface area contributed by atoms with Crippen molar-refractivity contribution in [3.63, 3.8) is 0 Å². The molecule has 0 aliphatic rings. The van der Waals surface area contributed by atoms with Gasteiger partial charge in [-0.1, -0.05) is 22.9 Å². The number of rotatable bonds is 5. The SMILES string of the molecule is CCCNC(=O)COC(=O)c1oc2ccc(Br)cc2c1C. The fraction of sp³-hybridized carbons (Fsp3) is 0.333. The van der Waals surface area contributed by atoms with Crippen molar-refractivity contribution < 1.29 is 18.7 Å². The van der Waals surface area contributed by atoms with Crippen LogP contribution in [0.2, 0.25) is 0 Å². The number of carbonyl (C=O) groups excluding carboxylic acids is 2. The number of amides is 1. The van der Waals surface area contributed by atoms with Crippen LogP contribution in [0.5, 0.6) is 0 Å². The van der Waals surface area contributed by atoms with Gasteiger partial charge in [0.25, 0.3) is 5.91 Å². The Morgan fingerprint density at radius 3 is 2.86 bits per heavy atom. The number of esters is 1. The van der Waals surface area contributed by atoms with Crippen LogP contribution in [0.4, 0.5) is 0 Å². The molecule has 2 aromatic rings. The van der Waals surface area contributed by atoms with E-state index in [1.54, 1.807) is 13.0 Å². The molecule has 2 rings (SSSR count). The molecule has 1 amide bonds. The molecule has 0 aliphatic heterocycles. The summed E-state index contributed by atoms with van der Waals surface area (Å²) in [6.45, 7) is 3.99. The van der Waals surface area contributed by atoms with Crippen LogP contribution in [0, 0.1) is 6.92 Å². The molecule has 5 nitrogen and oxygen atoms in total. The third kappa shape index (κ3) is 3.64. The van der Waals surface area contributed by atoms with Gasteiger partial charge in [0.15, 0.2) is 6.61 Å². The molecule has 1 aromatic heterocycles. The predicted molar refractivity (Wildman–Crippen MR) is 82.2 cm³/mol. The highest BCUT2D eigenvalue weighted by Crippen LogP contribution is 2.28. The van der Waals surface area contributed by atoms with Crippen LogP contribution < -0.4 is 5.32 Å². The van der Waals surface area contributed by atoms with Gasteiger partial charge in [-0.2, -0.15) is 0 Å². The van der Waals surface area contributed by atoms with Crippen LogP contribution in [-0.4, -0.2) is 25.0 Å². The molecule has 1 heterocycles. The first-order valence-electron chi connectivity index (χ1n) is 6.65. The van der Waals surface area contributed by atoms with Gasteiger partial charge in [-0.05, 0) is 31.5 Å². The molecule has 0 fully saturated rings. The van der Waals surface area contributed by atoms with E-state index in [4.69, 9.17) is 9.15 Å². The third-order valence-corrected chi connectivity index (χ3v) is 3.48. The Kier molecular flexibility index (Phi) is 5.01. The zero-order chi connectivity index (χ0) is 15.4. The highest BCUT2D eigenvalue weighted by Gasteiger charge is 2.20. The minimum atomic E-state index is -0.633. The standard InChI is InChI=1S/C15H16BrNO4/c1-3-6-17-13(18)8-20-15(19)14-9(2)11-7-10(16)4-5-12(11)21-14/h4-5,7H,3,6,8H2,1-2H3,(H,17,18). The molecule has 0 radical (unpaired) electrons. The molecule has 1 aromatic carbocycles. The number of benzene rings is 1. The second-order valence-corrected chi connectivity index (χ2v) is 5.54. The number of hydrogen-bond donors (Lipinski definition) is 1. The largest absolute Gasteiger partial charge is 0.450 e. The van der Waals surface area contributed by atoms with E-state index in [1.165, 1.54) is 0 Å². The van der Waals surface area contributed by atoms with Crippen molar-refractivity contribution in [2.24, 2.45) is 0 Å². The lowest BCUT2D eigenvalue weighted by molar-refractivity contribution is -0.124. The van der Waals surface area contributed by atoms with Crippen molar-refractivity contribution in [2.45, 2.75) is 20.3 Å². The number of nitrogens with one attached hydrogen (secondary N) is 1. The molecule has 0 unspecified atom stereocenters. The van der Waals surface area contributed by atoms with Gasteiger partial charge in [0.1, 0.15) is 5.58 Å². The van der Waals surface area contributed by atoms with Crippen LogP contribution >= 0.6 is 15.9 Å². The van der Waals surface area contributed by atoms with Gasteiger partial charge in [0.2, 0.25) is 5.76 Å². The van der Waals surface area contributed by atoms with E-state index >= 15 is 0 Å². The summed E-state index contributed by atoms with van der Waals surface area (Å²) in [6, 6.07) is 5.48. The van der Waals surface area contributed by atoms with Crippen molar-refractivity contribution in [3.8, 4) is 0 Å². The highest BCUT2D eigenvalue weighted by atomic mass is 79.9. The number of ether oxygens (including phenoxy) is 1. The molecule has 0 bridgehead atoms. The maximum absolute atomic E-state index is 12.0. The molecule has 0 saturated carbocycles. The van der Waals surface area contributed by atoms with E-state index in [0.717, 1.165) is 16.3 Å². The van der Waals surface area contributed by atoms with E-state index in [9.17, 15) is 9.59 Å². The zero-order valence-electron chi connectivity index (χ0n) is 11.9. The Bertz CT molecular complexity index is 678. The summed E-state index contributed by atoms with van der Waals surface area (Å²) in [5.41, 5.74) is 1.31. The zero-order valence-corrected chi connectivity index (χ0v) is 13.5. The van der Waals surface area contributed by atoms with E-state index in [-0.39, 0.29) is 18.3 Å². The van der Waals surface area contributed by atoms with Gasteiger partial charge in [-0.25, -0.2) is 4.79 Å². The molecule has 6 heteroatoms. The molecule has 0 spiro atoms. The number of aryl methyl sites for hydroxylation is 1. The van der Waals surface area contributed by atoms with E-state index in [2.05, 4.69) is 21.2 Å². The third-order valence-electron chi connectivity index (χ3n) is 2.99.